The van der Waals surface area contributed by atoms with Gasteiger partial charge in [0.25, 0.3) is 0 Å². The van der Waals surface area contributed by atoms with Crippen LogP contribution in [0.1, 0.15) is 12.5 Å². The van der Waals surface area contributed by atoms with E-state index in [1.54, 1.807) is 24.3 Å². The van der Waals surface area contributed by atoms with Crippen LogP contribution < -0.4 is 20.3 Å². The largest absolute Gasteiger partial charge is 0.465 e. The maximum Gasteiger partial charge on any atom is 0.302 e. The van der Waals surface area contributed by atoms with Crippen molar-refractivity contribution in [2.75, 3.05) is 59.8 Å². The summed E-state index contributed by atoms with van der Waals surface area (Å²) in [6.45, 7) is 4.87. The van der Waals surface area contributed by atoms with Gasteiger partial charge in [-0.3, -0.25) is 14.4 Å². The lowest BCUT2D eigenvalue weighted by atomic mass is 10.1. The quantitative estimate of drug-likeness (QED) is 0.333. The van der Waals surface area contributed by atoms with E-state index in [1.807, 2.05) is 19.2 Å². The normalized spacial score (nSPS) is 13.8. The molecule has 0 unspecified atom stereocenters. The van der Waals surface area contributed by atoms with Gasteiger partial charge in [0.05, 0.1) is 23.8 Å². The summed E-state index contributed by atoms with van der Waals surface area (Å²) in [5.41, 5.74) is 3.91. The SMILES string of the molecule is CC(=O)OCCN1CCN(C)c2cc(Nc3ncc(Cl)c(Nc4ccccc4NS(C)(=O)=O)n3)ccc2C1. The highest BCUT2D eigenvalue weighted by Crippen LogP contribution is 2.31. The molecule has 0 fully saturated rings. The lowest BCUT2D eigenvalue weighted by Gasteiger charge is -2.20. The lowest BCUT2D eigenvalue weighted by Crippen LogP contribution is -2.32. The van der Waals surface area contributed by atoms with Gasteiger partial charge in [0.1, 0.15) is 11.6 Å². The van der Waals surface area contributed by atoms with Crippen LogP contribution in [0.3, 0.4) is 0 Å². The Morgan fingerprint density at radius 3 is 2.63 bits per heavy atom. The minimum atomic E-state index is -3.47. The Morgan fingerprint density at radius 1 is 1.13 bits per heavy atom. The minimum Gasteiger partial charge on any atom is -0.465 e. The number of ether oxygens (including phenoxy) is 1. The van der Waals surface area contributed by atoms with E-state index in [0.717, 1.165) is 42.8 Å². The maximum absolute atomic E-state index is 11.7. The number of aromatic nitrogens is 2. The molecule has 0 saturated heterocycles. The Morgan fingerprint density at radius 2 is 1.89 bits per heavy atom. The third-order valence-corrected chi connectivity index (χ3v) is 6.70. The Hall–Kier alpha value is -3.61. The Kier molecular flexibility index (Phi) is 8.55. The molecular weight excluding hydrogens is 530 g/mol. The zero-order valence-corrected chi connectivity index (χ0v) is 22.9. The summed E-state index contributed by atoms with van der Waals surface area (Å²) in [6.07, 6.45) is 2.56. The topological polar surface area (TPSA) is 129 Å². The van der Waals surface area contributed by atoms with Gasteiger partial charge in [0.15, 0.2) is 5.82 Å². The highest BCUT2D eigenvalue weighted by Gasteiger charge is 2.19. The number of likely N-dealkylation sites (N-methyl/N-ethyl adjacent to an activating group) is 1. The molecule has 2 aromatic carbocycles. The molecule has 13 heteroatoms. The summed E-state index contributed by atoms with van der Waals surface area (Å²) < 4.78 is 31.1. The molecule has 1 aliphatic heterocycles. The maximum atomic E-state index is 11.7. The van der Waals surface area contributed by atoms with Crippen LogP contribution in [0.15, 0.2) is 48.7 Å². The predicted octanol–water partition coefficient (Wildman–Crippen LogP) is 3.80. The second kappa shape index (κ2) is 11.8. The summed E-state index contributed by atoms with van der Waals surface area (Å²) >= 11 is 6.34. The molecule has 38 heavy (non-hydrogen) atoms. The monoisotopic (exact) mass is 559 g/mol. The molecule has 3 aromatic rings. The number of benzene rings is 2. The van der Waals surface area contributed by atoms with Crippen molar-refractivity contribution in [3.8, 4) is 0 Å². The third-order valence-electron chi connectivity index (χ3n) is 5.83. The van der Waals surface area contributed by atoms with Crippen LogP contribution in [-0.4, -0.2) is 68.8 Å². The Bertz CT molecular complexity index is 1420. The van der Waals surface area contributed by atoms with Gasteiger partial charge in [0, 0.05) is 51.5 Å². The molecule has 1 aliphatic rings. The van der Waals surface area contributed by atoms with Crippen LogP contribution in [0.4, 0.5) is 34.5 Å². The van der Waals surface area contributed by atoms with Crippen LogP contribution in [0.2, 0.25) is 5.02 Å². The number of para-hydroxylation sites is 2. The van der Waals surface area contributed by atoms with E-state index in [1.165, 1.54) is 13.1 Å². The Balaban J connectivity index is 1.50. The van der Waals surface area contributed by atoms with Crippen molar-refractivity contribution < 1.29 is 17.9 Å². The van der Waals surface area contributed by atoms with Gasteiger partial charge < -0.3 is 20.3 Å². The highest BCUT2D eigenvalue weighted by molar-refractivity contribution is 7.92. The number of carbonyl (C=O) groups is 1. The first-order valence-corrected chi connectivity index (χ1v) is 14.2. The van der Waals surface area contributed by atoms with Crippen molar-refractivity contribution in [2.24, 2.45) is 0 Å². The average Bonchev–Trinajstić information content (AvgIpc) is 3.00. The van der Waals surface area contributed by atoms with Crippen molar-refractivity contribution in [2.45, 2.75) is 13.5 Å². The molecule has 3 N–H and O–H groups in total. The zero-order chi connectivity index (χ0) is 27.3. The number of hydrogen-bond donors (Lipinski definition) is 3. The summed E-state index contributed by atoms with van der Waals surface area (Å²) in [5, 5.41) is 6.60. The number of halogens is 1. The predicted molar refractivity (Wildman–Crippen MR) is 150 cm³/mol. The third kappa shape index (κ3) is 7.46. The molecule has 0 amide bonds. The van der Waals surface area contributed by atoms with Gasteiger partial charge >= 0.3 is 5.97 Å². The fourth-order valence-corrected chi connectivity index (χ4v) is 4.74. The fraction of sp³-hybridized carbons (Fsp3) is 0.320. The van der Waals surface area contributed by atoms with Crippen LogP contribution in [-0.2, 0) is 26.1 Å². The second-order valence-corrected chi connectivity index (χ2v) is 11.1. The van der Waals surface area contributed by atoms with E-state index in [2.05, 4.69) is 41.2 Å². The van der Waals surface area contributed by atoms with E-state index in [9.17, 15) is 13.2 Å². The van der Waals surface area contributed by atoms with Gasteiger partial charge in [-0.05, 0) is 29.8 Å². The van der Waals surface area contributed by atoms with Gasteiger partial charge in [-0.25, -0.2) is 13.4 Å². The molecule has 1 aromatic heterocycles. The fourth-order valence-electron chi connectivity index (χ4n) is 4.02. The molecule has 4 rings (SSSR count). The molecular formula is C25H30ClN7O4S. The molecule has 0 atom stereocenters. The van der Waals surface area contributed by atoms with Crippen molar-refractivity contribution >= 4 is 62.1 Å². The highest BCUT2D eigenvalue weighted by atomic mass is 35.5. The van der Waals surface area contributed by atoms with Crippen molar-refractivity contribution in [1.82, 2.24) is 14.9 Å². The Labute approximate surface area is 227 Å². The summed E-state index contributed by atoms with van der Waals surface area (Å²) in [5.74, 6) is 0.373. The van der Waals surface area contributed by atoms with E-state index in [0.29, 0.717) is 36.3 Å². The standard InChI is InChI=1S/C25H30ClN7O4S/c1-17(34)37-13-12-33-11-10-32(2)23-14-19(9-8-18(23)16-33)28-25-27-15-20(26)24(30-25)29-21-6-4-5-7-22(21)31-38(3,35)36/h4-9,14-15,31H,10-13,16H2,1-3H3,(H2,27,28,29,30). The number of rotatable bonds is 9. The number of fused-ring (bicyclic) bond motifs is 1. The van der Waals surface area contributed by atoms with E-state index < -0.39 is 10.0 Å². The molecule has 0 radical (unpaired) electrons. The van der Waals surface area contributed by atoms with Crippen molar-refractivity contribution in [3.63, 3.8) is 0 Å². The average molecular weight is 560 g/mol. The first kappa shape index (κ1) is 27.4. The first-order valence-electron chi connectivity index (χ1n) is 11.9. The molecule has 0 spiro atoms. The van der Waals surface area contributed by atoms with Gasteiger partial charge in [0.2, 0.25) is 16.0 Å². The number of carbonyl (C=O) groups excluding carboxylic acids is 1. The number of sulfonamides is 1. The molecule has 202 valence electrons. The number of hydrogen-bond acceptors (Lipinski definition) is 10. The lowest BCUT2D eigenvalue weighted by molar-refractivity contribution is -0.141. The van der Waals surface area contributed by atoms with Gasteiger partial charge in [-0.2, -0.15) is 4.98 Å². The van der Waals surface area contributed by atoms with Crippen LogP contribution >= 0.6 is 11.6 Å². The second-order valence-electron chi connectivity index (χ2n) is 8.94. The van der Waals surface area contributed by atoms with Crippen molar-refractivity contribution in [3.05, 3.63) is 59.2 Å². The summed E-state index contributed by atoms with van der Waals surface area (Å²) in [6, 6.07) is 12.9. The summed E-state index contributed by atoms with van der Waals surface area (Å²) in [4.78, 5) is 24.3. The first-order chi connectivity index (χ1) is 18.1. The molecule has 2 heterocycles. The van der Waals surface area contributed by atoms with E-state index in [-0.39, 0.29) is 11.0 Å². The minimum absolute atomic E-state index is 0.273. The van der Waals surface area contributed by atoms with Crippen LogP contribution in [0.25, 0.3) is 0 Å². The summed E-state index contributed by atoms with van der Waals surface area (Å²) in [7, 11) is -1.43. The number of nitrogens with zero attached hydrogens (tertiary/aromatic N) is 4. The van der Waals surface area contributed by atoms with E-state index >= 15 is 0 Å². The van der Waals surface area contributed by atoms with Crippen LogP contribution in [0.5, 0.6) is 0 Å². The number of anilines is 6. The number of nitrogens with one attached hydrogen (secondary N) is 3. The van der Waals surface area contributed by atoms with E-state index in [4.69, 9.17) is 16.3 Å². The zero-order valence-electron chi connectivity index (χ0n) is 21.4. The van der Waals surface area contributed by atoms with Crippen LogP contribution in [0, 0.1) is 0 Å². The van der Waals surface area contributed by atoms with Crippen molar-refractivity contribution in [1.29, 1.82) is 0 Å². The molecule has 0 aliphatic carbocycles. The van der Waals surface area contributed by atoms with Gasteiger partial charge in [-0.15, -0.1) is 0 Å². The molecule has 11 nitrogen and oxygen atoms in total. The molecule has 0 bridgehead atoms. The molecule has 0 saturated carbocycles. The number of esters is 1. The smallest absolute Gasteiger partial charge is 0.302 e. The van der Waals surface area contributed by atoms with Gasteiger partial charge in [-0.1, -0.05) is 29.8 Å².